The fourth-order valence-electron chi connectivity index (χ4n) is 13.1. The van der Waals surface area contributed by atoms with Gasteiger partial charge in [0, 0.05) is 30.5 Å². The fraction of sp³-hybridized carbons (Fsp3) is 0.885. The molecule has 0 aromatic carbocycles. The minimum atomic E-state index is -0.846. The van der Waals surface area contributed by atoms with Gasteiger partial charge in [0.25, 0.3) is 0 Å². The Morgan fingerprint density at radius 1 is 0.891 bits per heavy atom. The monoisotopic (exact) mass is 897 g/mol. The van der Waals surface area contributed by atoms with Crippen molar-refractivity contribution in [3.63, 3.8) is 0 Å². The minimum Gasteiger partial charge on any atom is -0.464 e. The zero-order chi connectivity index (χ0) is 46.9. The molecule has 0 radical (unpaired) electrons. The van der Waals surface area contributed by atoms with Crippen LogP contribution < -0.4 is 32.9 Å². The van der Waals surface area contributed by atoms with Crippen molar-refractivity contribution in [1.29, 1.82) is 0 Å². The highest BCUT2D eigenvalue weighted by atomic mass is 16.7. The van der Waals surface area contributed by atoms with E-state index in [-0.39, 0.29) is 84.1 Å². The molecule has 0 aromatic rings. The zero-order valence-electron chi connectivity index (χ0n) is 41.7. The molecule has 8 unspecified atom stereocenters. The van der Waals surface area contributed by atoms with E-state index >= 15 is 0 Å². The van der Waals surface area contributed by atoms with E-state index in [4.69, 9.17) is 21.0 Å². The molecule has 3 amide bonds. The number of carbonyl (C=O) groups is 4. The van der Waals surface area contributed by atoms with E-state index in [0.29, 0.717) is 85.6 Å². The van der Waals surface area contributed by atoms with Gasteiger partial charge >= 0.3 is 5.97 Å². The molecule has 0 bridgehead atoms. The second kappa shape index (κ2) is 24.0. The third kappa shape index (κ3) is 13.8. The molecule has 5 aliphatic rings. The summed E-state index contributed by atoms with van der Waals surface area (Å²) in [5.41, 5.74) is 15.6. The summed E-state index contributed by atoms with van der Waals surface area (Å²) in [4.78, 5) is 59.1. The Bertz CT molecular complexity index is 1540. The normalized spacial score (nSPS) is 34.9. The SMILES string of the molecule is CCCC1CC(NC(=O)[C@@H]2CCON2)CCC(N[C@@H](CC(C)C)C(=O)OCC[C@H](N)C(=O)NC2CCC(C(N)=O)C[C@@H](C3[C@H](C)C(CC(C)C)[C@@H]3C)C(C(C)(C)[C@@H](C)[C@@H]3C=CC3)C2)C1. The summed E-state index contributed by atoms with van der Waals surface area (Å²) in [5.74, 6) is 4.20. The van der Waals surface area contributed by atoms with Crippen molar-refractivity contribution < 1.29 is 28.8 Å². The van der Waals surface area contributed by atoms with Crippen LogP contribution in [0.2, 0.25) is 0 Å². The van der Waals surface area contributed by atoms with Gasteiger partial charge in [-0.1, -0.05) is 94.2 Å². The fourth-order valence-corrected chi connectivity index (χ4v) is 13.1. The summed E-state index contributed by atoms with van der Waals surface area (Å²) in [6, 6.07) is -1.58. The number of carbonyl (C=O) groups excluding carboxylic acids is 4. The molecule has 4 aliphatic carbocycles. The Hall–Kier alpha value is -2.54. The van der Waals surface area contributed by atoms with Crippen LogP contribution in [0.25, 0.3) is 0 Å². The van der Waals surface area contributed by atoms with Crippen molar-refractivity contribution in [2.75, 3.05) is 13.2 Å². The third-order valence-electron chi connectivity index (χ3n) is 17.2. The molecule has 0 aromatic heterocycles. The molecular weight excluding hydrogens is 805 g/mol. The van der Waals surface area contributed by atoms with Crippen molar-refractivity contribution in [2.24, 2.45) is 87.9 Å². The van der Waals surface area contributed by atoms with Gasteiger partial charge in [-0.3, -0.25) is 19.2 Å². The first kappa shape index (κ1) is 52.4. The first-order chi connectivity index (χ1) is 30.3. The second-order valence-electron chi connectivity index (χ2n) is 23.0. The Kier molecular flexibility index (Phi) is 19.6. The molecule has 64 heavy (non-hydrogen) atoms. The van der Waals surface area contributed by atoms with Crippen LogP contribution in [0.15, 0.2) is 12.2 Å². The van der Waals surface area contributed by atoms with Crippen molar-refractivity contribution in [1.82, 2.24) is 21.4 Å². The van der Waals surface area contributed by atoms with Gasteiger partial charge in [0.2, 0.25) is 17.7 Å². The topological polar surface area (TPSA) is 187 Å². The van der Waals surface area contributed by atoms with Crippen LogP contribution in [0, 0.1) is 76.4 Å². The maximum absolute atomic E-state index is 14.0. The van der Waals surface area contributed by atoms with Crippen molar-refractivity contribution in [3.8, 4) is 0 Å². The van der Waals surface area contributed by atoms with Crippen LogP contribution in [-0.4, -0.2) is 73.2 Å². The van der Waals surface area contributed by atoms with Crippen molar-refractivity contribution >= 4 is 23.7 Å². The van der Waals surface area contributed by atoms with Crippen LogP contribution >= 0.6 is 0 Å². The van der Waals surface area contributed by atoms with Gasteiger partial charge in [0.1, 0.15) is 12.1 Å². The van der Waals surface area contributed by atoms with Gasteiger partial charge in [0.05, 0.1) is 19.3 Å². The number of esters is 1. The summed E-state index contributed by atoms with van der Waals surface area (Å²) in [6.07, 6.45) is 17.1. The zero-order valence-corrected chi connectivity index (χ0v) is 41.7. The molecule has 4 fully saturated rings. The van der Waals surface area contributed by atoms with Crippen LogP contribution in [0.1, 0.15) is 166 Å². The van der Waals surface area contributed by atoms with Crippen LogP contribution in [0.4, 0.5) is 0 Å². The Labute approximate surface area is 387 Å². The molecule has 366 valence electrons. The van der Waals surface area contributed by atoms with Crippen LogP contribution in [-0.2, 0) is 28.8 Å². The molecule has 12 nitrogen and oxygen atoms in total. The molecular formula is C52H92N6O6. The van der Waals surface area contributed by atoms with E-state index in [9.17, 15) is 19.2 Å². The van der Waals surface area contributed by atoms with Crippen LogP contribution in [0.5, 0.6) is 0 Å². The highest BCUT2D eigenvalue weighted by molar-refractivity contribution is 5.82. The van der Waals surface area contributed by atoms with E-state index < -0.39 is 12.1 Å². The van der Waals surface area contributed by atoms with Crippen molar-refractivity contribution in [2.45, 2.75) is 202 Å². The van der Waals surface area contributed by atoms with Gasteiger partial charge in [-0.15, -0.1) is 0 Å². The lowest BCUT2D eigenvalue weighted by molar-refractivity contribution is -0.147. The molecule has 3 saturated carbocycles. The number of hydrogen-bond donors (Lipinski definition) is 6. The maximum atomic E-state index is 14.0. The van der Waals surface area contributed by atoms with Gasteiger partial charge < -0.3 is 37.0 Å². The number of hydroxylamine groups is 1. The number of amides is 3. The van der Waals surface area contributed by atoms with Gasteiger partial charge in [-0.2, -0.15) is 5.48 Å². The number of hydrogen-bond acceptors (Lipinski definition) is 9. The summed E-state index contributed by atoms with van der Waals surface area (Å²) < 4.78 is 5.91. The summed E-state index contributed by atoms with van der Waals surface area (Å²) in [7, 11) is 0. The summed E-state index contributed by atoms with van der Waals surface area (Å²) in [6.45, 7) is 23.8. The first-order valence-electron chi connectivity index (χ1n) is 25.9. The molecule has 8 N–H and O–H groups in total. The third-order valence-corrected chi connectivity index (χ3v) is 17.2. The average molecular weight is 897 g/mol. The molecule has 1 heterocycles. The predicted octanol–water partition coefficient (Wildman–Crippen LogP) is 7.58. The molecule has 16 atom stereocenters. The quantitative estimate of drug-likeness (QED) is 0.0384. The molecule has 1 aliphatic heterocycles. The maximum Gasteiger partial charge on any atom is 0.323 e. The number of primary amides is 1. The van der Waals surface area contributed by atoms with Crippen LogP contribution in [0.3, 0.4) is 0 Å². The smallest absolute Gasteiger partial charge is 0.323 e. The van der Waals surface area contributed by atoms with E-state index in [0.717, 1.165) is 57.8 Å². The van der Waals surface area contributed by atoms with Gasteiger partial charge in [-0.05, 0) is 148 Å². The first-order valence-corrected chi connectivity index (χ1v) is 25.9. The Balaban J connectivity index is 1.22. The number of rotatable bonds is 21. The van der Waals surface area contributed by atoms with Crippen molar-refractivity contribution in [3.05, 3.63) is 12.2 Å². The molecule has 0 spiro atoms. The lowest BCUT2D eigenvalue weighted by Crippen LogP contribution is -2.55. The summed E-state index contributed by atoms with van der Waals surface area (Å²) in [5, 5.41) is 10.3. The standard InChI is InChI=1S/C52H92N6O6/c1-11-13-35-26-38(18-19-39(27-35)57-50(61)45-21-23-64-58-45)55-46(25-31(4)5)51(62)63-22-20-44(53)49(60)56-40-17-16-37(48(54)59)28-42(47-32(6)41(33(47)7)24-30(2)3)43(29-40)52(9,10)34(8)36-14-12-15-36/h12,14,30-47,55,58H,11,13,15-29,53H2,1-10H3,(H2,54,59)(H,56,60)(H,57,61)/t32-,33+,34-,35?,36+,37?,38?,39?,40?,41?,42+,43?,44-,45-,46-,47?/m0/s1. The van der Waals surface area contributed by atoms with E-state index in [1.165, 1.54) is 6.42 Å². The highest BCUT2D eigenvalue weighted by Gasteiger charge is 2.55. The molecule has 12 heteroatoms. The number of nitrogens with one attached hydrogen (secondary N) is 4. The Morgan fingerprint density at radius 3 is 2.14 bits per heavy atom. The number of allylic oxidation sites excluding steroid dienone is 2. The predicted molar refractivity (Wildman–Crippen MR) is 255 cm³/mol. The lowest BCUT2D eigenvalue weighted by atomic mass is 9.46. The van der Waals surface area contributed by atoms with Gasteiger partial charge in [0.15, 0.2) is 0 Å². The molecule has 1 saturated heterocycles. The molecule has 5 rings (SSSR count). The van der Waals surface area contributed by atoms with E-state index in [1.807, 2.05) is 0 Å². The summed E-state index contributed by atoms with van der Waals surface area (Å²) >= 11 is 0. The average Bonchev–Trinajstić information content (AvgIpc) is 3.68. The Morgan fingerprint density at radius 2 is 1.55 bits per heavy atom. The minimum absolute atomic E-state index is 0.00401. The van der Waals surface area contributed by atoms with E-state index in [1.54, 1.807) is 0 Å². The highest BCUT2D eigenvalue weighted by Crippen LogP contribution is 2.60. The number of ether oxygens (including phenoxy) is 1. The second-order valence-corrected chi connectivity index (χ2v) is 23.0. The van der Waals surface area contributed by atoms with E-state index in [2.05, 4.69) is 103 Å². The largest absolute Gasteiger partial charge is 0.464 e. The van der Waals surface area contributed by atoms with Gasteiger partial charge in [-0.25, -0.2) is 0 Å². The number of nitrogens with two attached hydrogens (primary N) is 2. The lowest BCUT2D eigenvalue weighted by Gasteiger charge is -2.59.